The fourth-order valence-corrected chi connectivity index (χ4v) is 4.88. The first-order valence-electron chi connectivity index (χ1n) is 11.6. The Hall–Kier alpha value is -2.63. The SMILES string of the molecule is Cc1cccc(-n2cc(COC3CCCN(C(=O)CCNC(=O)c4cc(F)ccc4Br)C3)nn2)c1Br. The number of amides is 2. The van der Waals surface area contributed by atoms with Gasteiger partial charge in [0.2, 0.25) is 5.91 Å². The predicted octanol–water partition coefficient (Wildman–Crippen LogP) is 4.57. The van der Waals surface area contributed by atoms with Gasteiger partial charge in [0.25, 0.3) is 5.91 Å². The van der Waals surface area contributed by atoms with Crippen molar-refractivity contribution < 1.29 is 18.7 Å². The summed E-state index contributed by atoms with van der Waals surface area (Å²) < 4.78 is 22.6. The number of carbonyl (C=O) groups excluding carboxylic acids is 2. The van der Waals surface area contributed by atoms with Crippen LogP contribution in [-0.4, -0.2) is 57.4 Å². The minimum Gasteiger partial charge on any atom is -0.370 e. The molecule has 0 bridgehead atoms. The third-order valence-corrected chi connectivity index (χ3v) is 7.68. The molecule has 4 rings (SSSR count). The fourth-order valence-electron chi connectivity index (χ4n) is 4.00. The lowest BCUT2D eigenvalue weighted by atomic mass is 10.1. The number of likely N-dealkylation sites (tertiary alicyclic amines) is 1. The Kier molecular flexibility index (Phi) is 8.86. The van der Waals surface area contributed by atoms with Crippen molar-refractivity contribution in [3.05, 3.63) is 74.2 Å². The molecule has 1 N–H and O–H groups in total. The third kappa shape index (κ3) is 6.57. The lowest BCUT2D eigenvalue weighted by molar-refractivity contribution is -0.135. The highest BCUT2D eigenvalue weighted by Gasteiger charge is 2.24. The van der Waals surface area contributed by atoms with Crippen molar-refractivity contribution in [3.63, 3.8) is 0 Å². The summed E-state index contributed by atoms with van der Waals surface area (Å²) in [4.78, 5) is 26.8. The number of carbonyl (C=O) groups is 2. The van der Waals surface area contributed by atoms with Gasteiger partial charge in [-0.05, 0) is 81.5 Å². The summed E-state index contributed by atoms with van der Waals surface area (Å²) in [6.07, 6.45) is 3.58. The van der Waals surface area contributed by atoms with Crippen LogP contribution in [0.1, 0.15) is 40.9 Å². The molecule has 1 atom stereocenters. The minimum atomic E-state index is -0.496. The van der Waals surface area contributed by atoms with Gasteiger partial charge in [-0.15, -0.1) is 5.10 Å². The number of benzene rings is 2. The molecular formula is C25H26Br2FN5O3. The number of nitrogens with zero attached hydrogens (tertiary/aromatic N) is 4. The van der Waals surface area contributed by atoms with Crippen molar-refractivity contribution in [3.8, 4) is 5.69 Å². The van der Waals surface area contributed by atoms with Crippen LogP contribution in [0.2, 0.25) is 0 Å². The molecule has 3 aromatic rings. The zero-order valence-electron chi connectivity index (χ0n) is 19.7. The van der Waals surface area contributed by atoms with E-state index < -0.39 is 11.7 Å². The van der Waals surface area contributed by atoms with Crippen molar-refractivity contribution in [1.82, 2.24) is 25.2 Å². The quantitative estimate of drug-likeness (QED) is 0.398. The Morgan fingerprint density at radius 1 is 1.25 bits per heavy atom. The second-order valence-corrected chi connectivity index (χ2v) is 10.3. The van der Waals surface area contributed by atoms with E-state index in [2.05, 4.69) is 47.5 Å². The molecule has 0 aliphatic carbocycles. The molecule has 1 aliphatic heterocycles. The van der Waals surface area contributed by atoms with E-state index in [1.807, 2.05) is 31.3 Å². The normalized spacial score (nSPS) is 15.7. The summed E-state index contributed by atoms with van der Waals surface area (Å²) in [5, 5.41) is 11.1. The highest BCUT2D eigenvalue weighted by atomic mass is 79.9. The highest BCUT2D eigenvalue weighted by Crippen LogP contribution is 2.24. The number of rotatable bonds is 8. The number of hydrogen-bond donors (Lipinski definition) is 1. The molecule has 2 amide bonds. The Labute approximate surface area is 225 Å². The summed E-state index contributed by atoms with van der Waals surface area (Å²) in [5.41, 5.74) is 2.91. The van der Waals surface area contributed by atoms with Crippen LogP contribution in [0.5, 0.6) is 0 Å². The van der Waals surface area contributed by atoms with Crippen LogP contribution >= 0.6 is 31.9 Å². The molecule has 2 aromatic carbocycles. The first-order valence-corrected chi connectivity index (χ1v) is 13.2. The summed E-state index contributed by atoms with van der Waals surface area (Å²) in [5.74, 6) is -0.985. The molecular weight excluding hydrogens is 597 g/mol. The predicted molar refractivity (Wildman–Crippen MR) is 139 cm³/mol. The molecule has 2 heterocycles. The molecule has 1 fully saturated rings. The second kappa shape index (κ2) is 12.1. The number of aryl methyl sites for hydroxylation is 1. The molecule has 1 aliphatic rings. The van der Waals surface area contributed by atoms with Gasteiger partial charge < -0.3 is 15.0 Å². The molecule has 1 aromatic heterocycles. The molecule has 1 saturated heterocycles. The van der Waals surface area contributed by atoms with Gasteiger partial charge in [-0.1, -0.05) is 17.3 Å². The van der Waals surface area contributed by atoms with E-state index in [1.54, 1.807) is 9.58 Å². The van der Waals surface area contributed by atoms with Gasteiger partial charge in [0.1, 0.15) is 11.5 Å². The minimum absolute atomic E-state index is 0.0582. The number of halogens is 3. The second-order valence-electron chi connectivity index (χ2n) is 8.61. The van der Waals surface area contributed by atoms with Crippen LogP contribution in [-0.2, 0) is 16.1 Å². The monoisotopic (exact) mass is 621 g/mol. The number of hydrogen-bond acceptors (Lipinski definition) is 5. The first-order chi connectivity index (χ1) is 17.3. The van der Waals surface area contributed by atoms with Gasteiger partial charge in [0, 0.05) is 35.0 Å². The maximum atomic E-state index is 13.4. The van der Waals surface area contributed by atoms with Gasteiger partial charge in [-0.3, -0.25) is 9.59 Å². The lowest BCUT2D eigenvalue weighted by Crippen LogP contribution is -2.44. The van der Waals surface area contributed by atoms with Crippen molar-refractivity contribution in [2.24, 2.45) is 0 Å². The van der Waals surface area contributed by atoms with Crippen LogP contribution in [0.15, 0.2) is 51.5 Å². The van der Waals surface area contributed by atoms with Crippen molar-refractivity contribution in [2.45, 2.75) is 38.9 Å². The van der Waals surface area contributed by atoms with Crippen molar-refractivity contribution >= 4 is 43.7 Å². The van der Waals surface area contributed by atoms with E-state index in [0.29, 0.717) is 29.9 Å². The Bertz CT molecular complexity index is 1250. The van der Waals surface area contributed by atoms with Gasteiger partial charge in [-0.25, -0.2) is 9.07 Å². The standard InChI is InChI=1S/C25H26Br2FN5O3/c1-16-4-2-6-22(24(16)27)33-13-18(30-31-33)15-36-19-5-3-11-32(14-19)23(34)9-10-29-25(35)20-12-17(28)7-8-21(20)26/h2,4,6-8,12-13,19H,3,5,9-11,14-15H2,1H3,(H,29,35). The van der Waals surface area contributed by atoms with Gasteiger partial charge in [-0.2, -0.15) is 0 Å². The summed E-state index contributed by atoms with van der Waals surface area (Å²) in [6.45, 7) is 3.62. The Morgan fingerprint density at radius 2 is 2.08 bits per heavy atom. The molecule has 11 heteroatoms. The van der Waals surface area contributed by atoms with E-state index in [4.69, 9.17) is 4.74 Å². The Morgan fingerprint density at radius 3 is 2.92 bits per heavy atom. The van der Waals surface area contributed by atoms with Gasteiger partial charge in [0.15, 0.2) is 0 Å². The van der Waals surface area contributed by atoms with Crippen molar-refractivity contribution in [1.29, 1.82) is 0 Å². The van der Waals surface area contributed by atoms with Crippen LogP contribution in [0, 0.1) is 12.7 Å². The van der Waals surface area contributed by atoms with E-state index in [-0.39, 0.29) is 30.5 Å². The summed E-state index contributed by atoms with van der Waals surface area (Å²) >= 11 is 6.84. The summed E-state index contributed by atoms with van der Waals surface area (Å²) in [7, 11) is 0. The van der Waals surface area contributed by atoms with E-state index in [0.717, 1.165) is 34.6 Å². The average Bonchev–Trinajstić information content (AvgIpc) is 3.34. The molecule has 1 unspecified atom stereocenters. The molecule has 8 nitrogen and oxygen atoms in total. The van der Waals surface area contributed by atoms with Crippen LogP contribution in [0.25, 0.3) is 5.69 Å². The molecule has 0 saturated carbocycles. The topological polar surface area (TPSA) is 89.4 Å². The fraction of sp³-hybridized carbons (Fsp3) is 0.360. The number of aromatic nitrogens is 3. The summed E-state index contributed by atoms with van der Waals surface area (Å²) in [6, 6.07) is 9.84. The molecule has 190 valence electrons. The maximum Gasteiger partial charge on any atom is 0.252 e. The van der Waals surface area contributed by atoms with Crippen LogP contribution < -0.4 is 5.32 Å². The van der Waals surface area contributed by atoms with Gasteiger partial charge >= 0.3 is 0 Å². The van der Waals surface area contributed by atoms with Crippen LogP contribution in [0.4, 0.5) is 4.39 Å². The zero-order valence-corrected chi connectivity index (χ0v) is 22.9. The van der Waals surface area contributed by atoms with E-state index in [9.17, 15) is 14.0 Å². The zero-order chi connectivity index (χ0) is 25.7. The molecule has 0 spiro atoms. The largest absolute Gasteiger partial charge is 0.370 e. The van der Waals surface area contributed by atoms with Crippen LogP contribution in [0.3, 0.4) is 0 Å². The average molecular weight is 623 g/mol. The lowest BCUT2D eigenvalue weighted by Gasteiger charge is -2.32. The molecule has 0 radical (unpaired) electrons. The number of ether oxygens (including phenoxy) is 1. The number of piperidine rings is 1. The third-order valence-electron chi connectivity index (χ3n) is 5.95. The maximum absolute atomic E-state index is 13.4. The highest BCUT2D eigenvalue weighted by molar-refractivity contribution is 9.11. The Balaban J connectivity index is 1.24. The van der Waals surface area contributed by atoms with Gasteiger partial charge in [0.05, 0.1) is 30.2 Å². The molecule has 36 heavy (non-hydrogen) atoms. The van der Waals surface area contributed by atoms with E-state index in [1.165, 1.54) is 12.1 Å². The van der Waals surface area contributed by atoms with Crippen molar-refractivity contribution in [2.75, 3.05) is 19.6 Å². The smallest absolute Gasteiger partial charge is 0.252 e. The number of nitrogens with one attached hydrogen (secondary N) is 1. The van der Waals surface area contributed by atoms with E-state index >= 15 is 0 Å². The first kappa shape index (κ1) is 26.4.